The zero-order valence-corrected chi connectivity index (χ0v) is 17.4. The lowest BCUT2D eigenvalue weighted by molar-refractivity contribution is 0.102. The van der Waals surface area contributed by atoms with Crippen LogP contribution in [0.15, 0.2) is 85.2 Å². The highest BCUT2D eigenvalue weighted by molar-refractivity contribution is 6.05. The highest BCUT2D eigenvalue weighted by Crippen LogP contribution is 2.18. The molecule has 0 saturated heterocycles. The number of hydrogen-bond acceptors (Lipinski definition) is 4. The van der Waals surface area contributed by atoms with E-state index in [4.69, 9.17) is 0 Å². The Morgan fingerprint density at radius 2 is 1.44 bits per heavy atom. The number of nitrogens with zero attached hydrogens (tertiary/aromatic N) is 3. The first-order valence-electron chi connectivity index (χ1n) is 10.2. The third-order valence-corrected chi connectivity index (χ3v) is 4.75. The molecule has 2 aromatic heterocycles. The van der Waals surface area contributed by atoms with E-state index >= 15 is 0 Å². The summed E-state index contributed by atoms with van der Waals surface area (Å²) in [6.07, 6.45) is 3.86. The van der Waals surface area contributed by atoms with Crippen LogP contribution < -0.4 is 16.0 Å². The monoisotopic (exact) mass is 426 g/mol. The third-order valence-electron chi connectivity index (χ3n) is 4.75. The highest BCUT2D eigenvalue weighted by Gasteiger charge is 2.18. The molecule has 0 fully saturated rings. The van der Waals surface area contributed by atoms with E-state index in [0.717, 1.165) is 5.69 Å². The summed E-state index contributed by atoms with van der Waals surface area (Å²) in [5, 5.41) is 12.7. The molecule has 0 spiro atoms. The molecule has 0 aliphatic carbocycles. The summed E-state index contributed by atoms with van der Waals surface area (Å²) in [4.78, 5) is 29.3. The minimum Gasteiger partial charge on any atom is -0.322 e. The van der Waals surface area contributed by atoms with E-state index in [-0.39, 0.29) is 11.9 Å². The number of hydrogen-bond donors (Lipinski definition) is 3. The topological polar surface area (TPSA) is 101 Å². The number of urea groups is 1. The fourth-order valence-corrected chi connectivity index (χ4v) is 3.23. The lowest BCUT2D eigenvalue weighted by atomic mass is 10.2. The molecule has 4 rings (SSSR count). The number of aromatic nitrogens is 3. The molecule has 3 N–H and O–H groups in total. The number of carbonyl (C=O) groups excluding carboxylic acids is 2. The number of amides is 3. The summed E-state index contributed by atoms with van der Waals surface area (Å²) < 4.78 is 1.67. The number of carbonyl (C=O) groups is 2. The summed E-state index contributed by atoms with van der Waals surface area (Å²) >= 11 is 0. The van der Waals surface area contributed by atoms with Crippen LogP contribution in [0.25, 0.3) is 5.82 Å². The second-order valence-electron chi connectivity index (χ2n) is 6.93. The molecule has 0 bridgehead atoms. The van der Waals surface area contributed by atoms with Gasteiger partial charge in [0.05, 0.1) is 17.5 Å². The molecular weight excluding hydrogens is 404 g/mol. The molecule has 0 radical (unpaired) electrons. The van der Waals surface area contributed by atoms with Gasteiger partial charge in [0.2, 0.25) is 0 Å². The van der Waals surface area contributed by atoms with Gasteiger partial charge in [-0.3, -0.25) is 4.79 Å². The first-order chi connectivity index (χ1) is 15.6. The summed E-state index contributed by atoms with van der Waals surface area (Å²) in [6, 6.07) is 21.3. The first-order valence-corrected chi connectivity index (χ1v) is 10.2. The molecule has 2 heterocycles. The molecule has 32 heavy (non-hydrogen) atoms. The van der Waals surface area contributed by atoms with Crippen LogP contribution in [-0.2, 0) is 6.42 Å². The largest absolute Gasteiger partial charge is 0.323 e. The number of nitrogens with one attached hydrogen (secondary N) is 3. The van der Waals surface area contributed by atoms with Gasteiger partial charge < -0.3 is 16.0 Å². The molecule has 8 nitrogen and oxygen atoms in total. The lowest BCUT2D eigenvalue weighted by Crippen LogP contribution is -2.19. The summed E-state index contributed by atoms with van der Waals surface area (Å²) in [5.74, 6) is 0.402. The average Bonchev–Trinajstić information content (AvgIpc) is 3.26. The highest BCUT2D eigenvalue weighted by atomic mass is 16.2. The molecule has 0 unspecified atom stereocenters. The second-order valence-corrected chi connectivity index (χ2v) is 6.93. The molecule has 8 heteroatoms. The minimum atomic E-state index is -0.345. The van der Waals surface area contributed by atoms with E-state index in [0.29, 0.717) is 34.9 Å². The average molecular weight is 426 g/mol. The van der Waals surface area contributed by atoms with E-state index in [9.17, 15) is 9.59 Å². The van der Waals surface area contributed by atoms with Gasteiger partial charge in [-0.2, -0.15) is 5.10 Å². The van der Waals surface area contributed by atoms with Crippen molar-refractivity contribution in [3.63, 3.8) is 0 Å². The summed E-state index contributed by atoms with van der Waals surface area (Å²) in [7, 11) is 0. The van der Waals surface area contributed by atoms with Gasteiger partial charge in [0.1, 0.15) is 0 Å². The fraction of sp³-hybridized carbons (Fsp3) is 0.0833. The van der Waals surface area contributed by atoms with Crippen LogP contribution in [0.4, 0.5) is 21.9 Å². The molecule has 0 saturated carbocycles. The van der Waals surface area contributed by atoms with Gasteiger partial charge in [-0.1, -0.05) is 31.2 Å². The van der Waals surface area contributed by atoms with Crippen molar-refractivity contribution in [2.45, 2.75) is 13.3 Å². The van der Waals surface area contributed by atoms with Gasteiger partial charge in [-0.25, -0.2) is 14.5 Å². The van der Waals surface area contributed by atoms with E-state index < -0.39 is 0 Å². The van der Waals surface area contributed by atoms with Crippen LogP contribution in [0.3, 0.4) is 0 Å². The van der Waals surface area contributed by atoms with Crippen LogP contribution in [0.5, 0.6) is 0 Å². The van der Waals surface area contributed by atoms with Crippen LogP contribution in [0.2, 0.25) is 0 Å². The van der Waals surface area contributed by atoms with Gasteiger partial charge in [-0.15, -0.1) is 0 Å². The second kappa shape index (κ2) is 9.57. The molecule has 2 aromatic carbocycles. The Morgan fingerprint density at radius 3 is 2.06 bits per heavy atom. The summed E-state index contributed by atoms with van der Waals surface area (Å²) in [5.41, 5.74) is 3.18. The molecule has 3 amide bonds. The predicted octanol–water partition coefficient (Wildman–Crippen LogP) is 4.73. The standard InChI is InChI=1S/C24H22N6O2/c1-2-21-20(16-26-30(21)22-10-6-7-15-25-22)23(31)27-18-11-13-19(14-12-18)29-24(32)28-17-8-4-3-5-9-17/h3-16H,2H2,1H3,(H,27,31)(H2,28,29,32). The van der Waals surface area contributed by atoms with E-state index in [1.807, 2.05) is 43.3 Å². The Morgan fingerprint density at radius 1 is 0.812 bits per heavy atom. The number of rotatable bonds is 6. The van der Waals surface area contributed by atoms with Crippen molar-refractivity contribution in [3.8, 4) is 5.82 Å². The van der Waals surface area contributed by atoms with Crippen LogP contribution >= 0.6 is 0 Å². The fourth-order valence-electron chi connectivity index (χ4n) is 3.23. The first kappa shape index (κ1) is 20.8. The Bertz CT molecular complexity index is 1200. The van der Waals surface area contributed by atoms with Crippen molar-refractivity contribution < 1.29 is 9.59 Å². The van der Waals surface area contributed by atoms with E-state index in [1.165, 1.54) is 0 Å². The third kappa shape index (κ3) is 4.81. The summed E-state index contributed by atoms with van der Waals surface area (Å²) in [6.45, 7) is 1.97. The predicted molar refractivity (Wildman–Crippen MR) is 124 cm³/mol. The van der Waals surface area contributed by atoms with Gasteiger partial charge in [0.15, 0.2) is 5.82 Å². The normalized spacial score (nSPS) is 10.4. The zero-order valence-electron chi connectivity index (χ0n) is 17.4. The molecule has 0 aliphatic heterocycles. The number of pyridine rings is 1. The Kier molecular flexibility index (Phi) is 6.22. The maximum absolute atomic E-state index is 12.8. The molecule has 4 aromatic rings. The number of para-hydroxylation sites is 1. The quantitative estimate of drug-likeness (QED) is 0.415. The lowest BCUT2D eigenvalue weighted by Gasteiger charge is -2.10. The zero-order chi connectivity index (χ0) is 22.3. The number of benzene rings is 2. The maximum atomic E-state index is 12.8. The van der Waals surface area contributed by atoms with Gasteiger partial charge in [0.25, 0.3) is 5.91 Å². The smallest absolute Gasteiger partial charge is 0.322 e. The Hall–Kier alpha value is -4.46. The van der Waals surface area contributed by atoms with Gasteiger partial charge in [0, 0.05) is 23.3 Å². The Labute approximate surface area is 185 Å². The van der Waals surface area contributed by atoms with Gasteiger partial charge in [-0.05, 0) is 55.0 Å². The van der Waals surface area contributed by atoms with Crippen LogP contribution in [0.1, 0.15) is 23.0 Å². The van der Waals surface area contributed by atoms with E-state index in [2.05, 4.69) is 26.0 Å². The van der Waals surface area contributed by atoms with Crippen molar-refractivity contribution in [2.75, 3.05) is 16.0 Å². The van der Waals surface area contributed by atoms with Crippen LogP contribution in [0, 0.1) is 0 Å². The maximum Gasteiger partial charge on any atom is 0.323 e. The van der Waals surface area contributed by atoms with Crippen molar-refractivity contribution in [3.05, 3.63) is 96.4 Å². The SMILES string of the molecule is CCc1c(C(=O)Nc2ccc(NC(=O)Nc3ccccc3)cc2)cnn1-c1ccccn1. The van der Waals surface area contributed by atoms with Crippen molar-refractivity contribution in [2.24, 2.45) is 0 Å². The molecule has 0 aliphatic rings. The van der Waals surface area contributed by atoms with Crippen molar-refractivity contribution >= 4 is 29.0 Å². The molecule has 160 valence electrons. The number of anilines is 3. The minimum absolute atomic E-state index is 0.258. The van der Waals surface area contributed by atoms with Crippen LogP contribution in [-0.4, -0.2) is 26.7 Å². The van der Waals surface area contributed by atoms with Gasteiger partial charge >= 0.3 is 6.03 Å². The Balaban J connectivity index is 1.41. The molecular formula is C24H22N6O2. The van der Waals surface area contributed by atoms with Crippen molar-refractivity contribution in [1.82, 2.24) is 14.8 Å². The van der Waals surface area contributed by atoms with E-state index in [1.54, 1.807) is 53.5 Å². The molecule has 0 atom stereocenters. The van der Waals surface area contributed by atoms with Crippen molar-refractivity contribution in [1.29, 1.82) is 0 Å².